The Hall–Kier alpha value is -1.63. The molecule has 1 aliphatic heterocycles. The number of esters is 1. The van der Waals surface area contributed by atoms with E-state index in [2.05, 4.69) is 52.4 Å². The summed E-state index contributed by atoms with van der Waals surface area (Å²) in [5.41, 5.74) is -0.142. The van der Waals surface area contributed by atoms with Crippen LogP contribution in [0.2, 0.25) is 0 Å². The topological polar surface area (TPSA) is 71.7 Å². The maximum atomic E-state index is 11.2. The summed E-state index contributed by atoms with van der Waals surface area (Å²) in [6.45, 7) is 11.6. The molecule has 1 saturated heterocycles. The summed E-state index contributed by atoms with van der Waals surface area (Å²) < 4.78 is 10.1. The molecule has 0 unspecified atom stereocenters. The summed E-state index contributed by atoms with van der Waals surface area (Å²) in [7, 11) is 1.42. The molecule has 0 radical (unpaired) electrons. The Morgan fingerprint density at radius 3 is 2.68 bits per heavy atom. The van der Waals surface area contributed by atoms with Gasteiger partial charge >= 0.3 is 5.97 Å². The zero-order valence-corrected chi connectivity index (χ0v) is 14.1. The average Bonchev–Trinajstić information content (AvgIpc) is 2.94. The molecular weight excluding hydrogens is 284 g/mol. The van der Waals surface area contributed by atoms with E-state index < -0.39 is 0 Å². The zero-order chi connectivity index (χ0) is 16.3. The van der Waals surface area contributed by atoms with Crippen LogP contribution in [0.5, 0.6) is 0 Å². The van der Waals surface area contributed by atoms with Gasteiger partial charge in [-0.3, -0.25) is 9.69 Å². The largest absolute Gasteiger partial charge is 0.469 e. The highest BCUT2D eigenvalue weighted by Crippen LogP contribution is 2.24. The first-order valence-electron chi connectivity index (χ1n) is 7.71. The van der Waals surface area contributed by atoms with Crippen LogP contribution < -0.4 is 4.90 Å². The monoisotopic (exact) mass is 310 g/mol. The molecule has 0 saturated carbocycles. The van der Waals surface area contributed by atoms with E-state index in [0.29, 0.717) is 18.3 Å². The molecule has 0 bridgehead atoms. The quantitative estimate of drug-likeness (QED) is 0.779. The number of hydrogen-bond acceptors (Lipinski definition) is 7. The lowest BCUT2D eigenvalue weighted by molar-refractivity contribution is -0.141. The van der Waals surface area contributed by atoms with Crippen molar-refractivity contribution in [1.82, 2.24) is 15.0 Å². The highest BCUT2D eigenvalue weighted by atomic mass is 16.5. The Balaban J connectivity index is 1.93. The number of ether oxygens (including phenoxy) is 1. The lowest BCUT2D eigenvalue weighted by Crippen LogP contribution is -2.52. The number of piperazine rings is 1. The van der Waals surface area contributed by atoms with Crippen molar-refractivity contribution in [3.05, 3.63) is 5.89 Å². The van der Waals surface area contributed by atoms with E-state index in [-0.39, 0.29) is 17.4 Å². The molecule has 0 aliphatic carbocycles. The van der Waals surface area contributed by atoms with Crippen LogP contribution in [-0.4, -0.2) is 60.3 Å². The number of carbonyl (C=O) groups excluding carboxylic acids is 1. The van der Waals surface area contributed by atoms with Crippen molar-refractivity contribution in [3.8, 4) is 0 Å². The third-order valence-electron chi connectivity index (χ3n) is 3.89. The molecule has 22 heavy (non-hydrogen) atoms. The third kappa shape index (κ3) is 3.97. The standard InChI is InChI=1S/C15H26N4O3/c1-11-10-18(7-6-12(20)21-5)8-9-19(11)14-16-13(22-17-14)15(2,3)4/h11H,6-10H2,1-5H3/t11-/m1/s1. The van der Waals surface area contributed by atoms with Gasteiger partial charge in [-0.05, 0) is 12.1 Å². The van der Waals surface area contributed by atoms with Crippen molar-refractivity contribution in [2.45, 2.75) is 45.6 Å². The molecule has 7 heteroatoms. The van der Waals surface area contributed by atoms with Gasteiger partial charge in [0.1, 0.15) is 0 Å². The molecule has 0 aromatic carbocycles. The molecule has 0 N–H and O–H groups in total. The van der Waals surface area contributed by atoms with Gasteiger partial charge in [-0.2, -0.15) is 4.98 Å². The van der Waals surface area contributed by atoms with Crippen molar-refractivity contribution in [1.29, 1.82) is 0 Å². The molecule has 1 atom stereocenters. The minimum Gasteiger partial charge on any atom is -0.469 e. The number of anilines is 1. The highest BCUT2D eigenvalue weighted by Gasteiger charge is 2.29. The van der Waals surface area contributed by atoms with Gasteiger partial charge in [0.2, 0.25) is 5.89 Å². The molecule has 2 heterocycles. The van der Waals surface area contributed by atoms with Crippen LogP contribution in [0.25, 0.3) is 0 Å². The lowest BCUT2D eigenvalue weighted by Gasteiger charge is -2.38. The minimum absolute atomic E-state index is 0.142. The Labute approximate surface area is 131 Å². The fraction of sp³-hybridized carbons (Fsp3) is 0.800. The maximum absolute atomic E-state index is 11.2. The first-order valence-corrected chi connectivity index (χ1v) is 7.71. The molecule has 1 aromatic rings. The van der Waals surface area contributed by atoms with Crippen LogP contribution >= 0.6 is 0 Å². The van der Waals surface area contributed by atoms with Gasteiger partial charge in [-0.15, -0.1) is 0 Å². The molecule has 1 fully saturated rings. The summed E-state index contributed by atoms with van der Waals surface area (Å²) in [5, 5.41) is 4.12. The first-order chi connectivity index (χ1) is 10.3. The second-order valence-corrected chi connectivity index (χ2v) is 6.82. The lowest BCUT2D eigenvalue weighted by atomic mass is 9.97. The zero-order valence-electron chi connectivity index (χ0n) is 14.1. The molecule has 124 valence electrons. The summed E-state index contributed by atoms with van der Waals surface area (Å²) in [4.78, 5) is 20.2. The van der Waals surface area contributed by atoms with Gasteiger partial charge in [-0.1, -0.05) is 20.8 Å². The van der Waals surface area contributed by atoms with Crippen LogP contribution in [0.3, 0.4) is 0 Å². The van der Waals surface area contributed by atoms with E-state index in [1.165, 1.54) is 7.11 Å². The van der Waals surface area contributed by atoms with E-state index in [4.69, 9.17) is 4.52 Å². The number of hydrogen-bond donors (Lipinski definition) is 0. The number of carbonyl (C=O) groups is 1. The van der Waals surface area contributed by atoms with Gasteiger partial charge in [-0.25, -0.2) is 0 Å². The third-order valence-corrected chi connectivity index (χ3v) is 3.89. The summed E-state index contributed by atoms with van der Waals surface area (Å²) in [6, 6.07) is 0.275. The van der Waals surface area contributed by atoms with E-state index >= 15 is 0 Å². The second-order valence-electron chi connectivity index (χ2n) is 6.82. The van der Waals surface area contributed by atoms with Crippen LogP contribution in [-0.2, 0) is 14.9 Å². The molecular formula is C15H26N4O3. The molecule has 1 aromatic heterocycles. The fourth-order valence-corrected chi connectivity index (χ4v) is 2.52. The normalized spacial score (nSPS) is 20.2. The van der Waals surface area contributed by atoms with Crippen LogP contribution in [0.1, 0.15) is 40.0 Å². The van der Waals surface area contributed by atoms with Crippen molar-refractivity contribution >= 4 is 11.9 Å². The van der Waals surface area contributed by atoms with Crippen molar-refractivity contribution in [3.63, 3.8) is 0 Å². The van der Waals surface area contributed by atoms with Gasteiger partial charge in [0.25, 0.3) is 5.95 Å². The predicted octanol–water partition coefficient (Wildman–Crippen LogP) is 1.44. The molecule has 7 nitrogen and oxygen atoms in total. The van der Waals surface area contributed by atoms with Gasteiger partial charge in [0.15, 0.2) is 0 Å². The van der Waals surface area contributed by atoms with E-state index in [0.717, 1.165) is 26.2 Å². The summed E-state index contributed by atoms with van der Waals surface area (Å²) in [6.07, 6.45) is 0.430. The van der Waals surface area contributed by atoms with Crippen LogP contribution in [0.4, 0.5) is 5.95 Å². The summed E-state index contributed by atoms with van der Waals surface area (Å²) >= 11 is 0. The van der Waals surface area contributed by atoms with Crippen molar-refractivity contribution in [2.24, 2.45) is 0 Å². The van der Waals surface area contributed by atoms with Crippen molar-refractivity contribution < 1.29 is 14.1 Å². The summed E-state index contributed by atoms with van der Waals surface area (Å²) in [5.74, 6) is 1.15. The Kier molecular flexibility index (Phi) is 5.05. The van der Waals surface area contributed by atoms with Crippen LogP contribution in [0.15, 0.2) is 4.52 Å². The van der Waals surface area contributed by atoms with E-state index in [9.17, 15) is 4.79 Å². The fourth-order valence-electron chi connectivity index (χ4n) is 2.52. The van der Waals surface area contributed by atoms with Gasteiger partial charge in [0, 0.05) is 37.6 Å². The highest BCUT2D eigenvalue weighted by molar-refractivity contribution is 5.69. The Bertz CT molecular complexity index is 509. The average molecular weight is 310 g/mol. The maximum Gasteiger partial charge on any atom is 0.306 e. The number of aromatic nitrogens is 2. The van der Waals surface area contributed by atoms with Crippen molar-refractivity contribution in [2.75, 3.05) is 38.2 Å². The smallest absolute Gasteiger partial charge is 0.306 e. The number of methoxy groups -OCH3 is 1. The SMILES string of the molecule is COC(=O)CCN1CCN(c2noc(C(C)(C)C)n2)[C@H](C)C1. The predicted molar refractivity (Wildman–Crippen MR) is 82.9 cm³/mol. The first kappa shape index (κ1) is 16.7. The second kappa shape index (κ2) is 6.64. The Morgan fingerprint density at radius 1 is 1.41 bits per heavy atom. The molecule has 1 aliphatic rings. The van der Waals surface area contributed by atoms with E-state index in [1.807, 2.05) is 0 Å². The number of rotatable bonds is 4. The molecule has 0 amide bonds. The van der Waals surface area contributed by atoms with Crippen LogP contribution in [0, 0.1) is 0 Å². The Morgan fingerprint density at radius 2 is 2.14 bits per heavy atom. The van der Waals surface area contributed by atoms with E-state index in [1.54, 1.807) is 0 Å². The molecule has 2 rings (SSSR count). The van der Waals surface area contributed by atoms with Gasteiger partial charge < -0.3 is 14.2 Å². The minimum atomic E-state index is -0.164. The van der Waals surface area contributed by atoms with Gasteiger partial charge in [0.05, 0.1) is 13.5 Å². The molecule has 0 spiro atoms. The number of nitrogens with zero attached hydrogens (tertiary/aromatic N) is 4.